The van der Waals surface area contributed by atoms with Gasteiger partial charge in [-0.05, 0) is 48.9 Å². The predicted molar refractivity (Wildman–Crippen MR) is 115 cm³/mol. The zero-order valence-electron chi connectivity index (χ0n) is 15.9. The molecule has 0 radical (unpaired) electrons. The van der Waals surface area contributed by atoms with Crippen LogP contribution in [0.5, 0.6) is 0 Å². The van der Waals surface area contributed by atoms with Crippen molar-refractivity contribution in [3.63, 3.8) is 0 Å². The largest absolute Gasteiger partial charge is 0.345 e. The van der Waals surface area contributed by atoms with Crippen molar-refractivity contribution in [3.8, 4) is 11.3 Å². The van der Waals surface area contributed by atoms with Crippen LogP contribution in [0.15, 0.2) is 65.1 Å². The molecule has 1 fully saturated rings. The number of hydrogen-bond acceptors (Lipinski definition) is 2. The highest BCUT2D eigenvalue weighted by Crippen LogP contribution is 2.48. The van der Waals surface area contributed by atoms with Crippen LogP contribution < -0.4 is 0 Å². The van der Waals surface area contributed by atoms with Gasteiger partial charge in [0.05, 0.1) is 5.69 Å². The lowest BCUT2D eigenvalue weighted by Gasteiger charge is -2.17. The minimum absolute atomic E-state index is 0.135. The van der Waals surface area contributed by atoms with Gasteiger partial charge in [0.2, 0.25) is 5.91 Å². The molecule has 4 nitrogen and oxygen atoms in total. The Morgan fingerprint density at radius 3 is 2.79 bits per heavy atom. The molecule has 28 heavy (non-hydrogen) atoms. The van der Waals surface area contributed by atoms with Gasteiger partial charge >= 0.3 is 0 Å². The van der Waals surface area contributed by atoms with Gasteiger partial charge < -0.3 is 4.90 Å². The third kappa shape index (κ3) is 4.36. The van der Waals surface area contributed by atoms with E-state index in [0.717, 1.165) is 47.2 Å². The molecule has 0 spiro atoms. The number of amides is 1. The van der Waals surface area contributed by atoms with Crippen molar-refractivity contribution in [2.75, 3.05) is 13.6 Å². The van der Waals surface area contributed by atoms with Crippen LogP contribution >= 0.6 is 15.9 Å². The third-order valence-corrected chi connectivity index (χ3v) is 5.89. The van der Waals surface area contributed by atoms with Gasteiger partial charge in [-0.25, -0.2) is 0 Å². The van der Waals surface area contributed by atoms with E-state index in [-0.39, 0.29) is 11.8 Å². The zero-order valence-corrected chi connectivity index (χ0v) is 17.5. The van der Waals surface area contributed by atoms with Gasteiger partial charge in [-0.1, -0.05) is 58.4 Å². The van der Waals surface area contributed by atoms with Crippen LogP contribution in [0.25, 0.3) is 11.3 Å². The average Bonchev–Trinajstić information content (AvgIpc) is 3.38. The number of benzene rings is 2. The summed E-state index contributed by atoms with van der Waals surface area (Å²) in [6.45, 7) is 0.764. The fourth-order valence-corrected chi connectivity index (χ4v) is 4.14. The van der Waals surface area contributed by atoms with Crippen LogP contribution in [-0.4, -0.2) is 34.6 Å². The lowest BCUT2D eigenvalue weighted by Crippen LogP contribution is -2.29. The summed E-state index contributed by atoms with van der Waals surface area (Å²) in [5.74, 6) is 0.768. The highest BCUT2D eigenvalue weighted by molar-refractivity contribution is 9.10. The summed E-state index contributed by atoms with van der Waals surface area (Å²) in [6, 6.07) is 20.6. The Balaban J connectivity index is 1.25. The van der Waals surface area contributed by atoms with Crippen LogP contribution in [0.1, 0.15) is 30.0 Å². The number of nitrogens with zero attached hydrogens (tertiary/aromatic N) is 2. The molecule has 0 aliphatic heterocycles. The summed E-state index contributed by atoms with van der Waals surface area (Å²) in [5, 5.41) is 7.52. The zero-order chi connectivity index (χ0) is 19.5. The molecule has 1 aliphatic rings. The Kier molecular flexibility index (Phi) is 5.62. The first-order valence-corrected chi connectivity index (χ1v) is 10.5. The van der Waals surface area contributed by atoms with Crippen LogP contribution in [0.4, 0.5) is 0 Å². The number of carbonyl (C=O) groups is 1. The number of H-pyrrole nitrogens is 1. The Bertz CT molecular complexity index is 953. The van der Waals surface area contributed by atoms with Crippen molar-refractivity contribution >= 4 is 21.8 Å². The maximum atomic E-state index is 12.7. The molecule has 4 rings (SSSR count). The highest BCUT2D eigenvalue weighted by atomic mass is 79.9. The predicted octanol–water partition coefficient (Wildman–Crippen LogP) is 5.03. The topological polar surface area (TPSA) is 49.0 Å². The van der Waals surface area contributed by atoms with E-state index < -0.39 is 0 Å². The van der Waals surface area contributed by atoms with Gasteiger partial charge in [0.1, 0.15) is 0 Å². The van der Waals surface area contributed by atoms with E-state index in [9.17, 15) is 4.79 Å². The molecule has 0 saturated heterocycles. The quantitative estimate of drug-likeness (QED) is 0.562. The van der Waals surface area contributed by atoms with Crippen LogP contribution in [-0.2, 0) is 11.2 Å². The van der Waals surface area contributed by atoms with Gasteiger partial charge in [-0.15, -0.1) is 0 Å². The van der Waals surface area contributed by atoms with E-state index in [1.165, 1.54) is 5.56 Å². The van der Waals surface area contributed by atoms with Crippen LogP contribution in [0.3, 0.4) is 0 Å². The minimum Gasteiger partial charge on any atom is -0.345 e. The molecule has 3 aromatic rings. The number of hydrogen-bond donors (Lipinski definition) is 1. The lowest BCUT2D eigenvalue weighted by atomic mass is 10.1. The molecule has 144 valence electrons. The third-order valence-electron chi connectivity index (χ3n) is 5.40. The second-order valence-electron chi connectivity index (χ2n) is 7.51. The maximum absolute atomic E-state index is 12.7. The molecule has 2 unspecified atom stereocenters. The molecule has 1 aliphatic carbocycles. The first-order valence-electron chi connectivity index (χ1n) is 9.72. The van der Waals surface area contributed by atoms with Crippen molar-refractivity contribution in [1.82, 2.24) is 15.1 Å². The molecule has 1 N–H and O–H groups in total. The Labute approximate surface area is 174 Å². The van der Waals surface area contributed by atoms with Crippen molar-refractivity contribution < 1.29 is 4.79 Å². The SMILES string of the molecule is CN(CCCc1cc(-c2ccccc2)n[nH]1)C(=O)C1CC1c1cccc(Br)c1. The van der Waals surface area contributed by atoms with Crippen molar-refractivity contribution in [2.24, 2.45) is 5.92 Å². The summed E-state index contributed by atoms with van der Waals surface area (Å²) in [4.78, 5) is 14.6. The molecule has 2 aromatic carbocycles. The Morgan fingerprint density at radius 2 is 2.00 bits per heavy atom. The molecule has 1 aromatic heterocycles. The number of rotatable bonds is 7. The van der Waals surface area contributed by atoms with E-state index in [4.69, 9.17) is 0 Å². The number of nitrogens with one attached hydrogen (secondary N) is 1. The Hall–Kier alpha value is -2.40. The second-order valence-corrected chi connectivity index (χ2v) is 8.43. The smallest absolute Gasteiger partial charge is 0.226 e. The first kappa shape index (κ1) is 18.9. The minimum atomic E-state index is 0.135. The van der Waals surface area contributed by atoms with E-state index in [2.05, 4.69) is 56.5 Å². The summed E-state index contributed by atoms with van der Waals surface area (Å²) >= 11 is 3.51. The van der Waals surface area contributed by atoms with Gasteiger partial charge in [0.25, 0.3) is 0 Å². The normalized spacial score (nSPS) is 18.1. The fourth-order valence-electron chi connectivity index (χ4n) is 3.72. The van der Waals surface area contributed by atoms with Gasteiger partial charge in [-0.2, -0.15) is 5.10 Å². The summed E-state index contributed by atoms with van der Waals surface area (Å²) in [6.07, 6.45) is 2.77. The number of aromatic nitrogens is 2. The molecule has 0 bridgehead atoms. The highest BCUT2D eigenvalue weighted by Gasteiger charge is 2.45. The average molecular weight is 438 g/mol. The summed E-state index contributed by atoms with van der Waals surface area (Å²) < 4.78 is 1.07. The lowest BCUT2D eigenvalue weighted by molar-refractivity contribution is -0.131. The molecule has 1 amide bonds. The molecular formula is C23H24BrN3O. The van der Waals surface area contributed by atoms with Crippen molar-refractivity contribution in [1.29, 1.82) is 0 Å². The van der Waals surface area contributed by atoms with E-state index in [0.29, 0.717) is 5.92 Å². The Morgan fingerprint density at radius 1 is 1.18 bits per heavy atom. The number of aromatic amines is 1. The molecule has 2 atom stereocenters. The molecule has 1 saturated carbocycles. The van der Waals surface area contributed by atoms with E-state index in [1.807, 2.05) is 42.3 Å². The van der Waals surface area contributed by atoms with E-state index in [1.54, 1.807) is 0 Å². The number of carbonyl (C=O) groups excluding carboxylic acids is 1. The number of halogens is 1. The monoisotopic (exact) mass is 437 g/mol. The fraction of sp³-hybridized carbons (Fsp3) is 0.304. The van der Waals surface area contributed by atoms with Crippen LogP contribution in [0.2, 0.25) is 0 Å². The van der Waals surface area contributed by atoms with Gasteiger partial charge in [-0.3, -0.25) is 9.89 Å². The molecule has 5 heteroatoms. The second kappa shape index (κ2) is 8.31. The summed E-state index contributed by atoms with van der Waals surface area (Å²) in [7, 11) is 1.92. The standard InChI is InChI=1S/C23H24BrN3O/c1-27(23(28)21-15-20(21)17-9-5-10-18(24)13-17)12-6-11-19-14-22(26-25-19)16-7-3-2-4-8-16/h2-5,7-10,13-14,20-21H,6,11-12,15H2,1H3,(H,25,26). The first-order chi connectivity index (χ1) is 13.6. The van der Waals surface area contributed by atoms with Crippen molar-refractivity contribution in [2.45, 2.75) is 25.2 Å². The molecular weight excluding hydrogens is 414 g/mol. The van der Waals surface area contributed by atoms with E-state index >= 15 is 0 Å². The number of aryl methyl sites for hydroxylation is 1. The van der Waals surface area contributed by atoms with Gasteiger partial charge in [0, 0.05) is 35.2 Å². The molecule has 1 heterocycles. The summed E-state index contributed by atoms with van der Waals surface area (Å²) in [5.41, 5.74) is 4.45. The maximum Gasteiger partial charge on any atom is 0.226 e. The van der Waals surface area contributed by atoms with Crippen LogP contribution in [0, 0.1) is 5.92 Å². The van der Waals surface area contributed by atoms with Crippen molar-refractivity contribution in [3.05, 3.63) is 76.4 Å². The van der Waals surface area contributed by atoms with Gasteiger partial charge in [0.15, 0.2) is 0 Å².